The average molecular weight is 199 g/mol. The van der Waals surface area contributed by atoms with Crippen LogP contribution in [-0.2, 0) is 4.79 Å². The Morgan fingerprint density at radius 3 is 2.36 bits per heavy atom. The van der Waals surface area contributed by atoms with Gasteiger partial charge in [0.1, 0.15) is 5.78 Å². The maximum atomic E-state index is 11.0. The first-order chi connectivity index (χ1) is 6.60. The van der Waals surface area contributed by atoms with Crippen LogP contribution >= 0.6 is 0 Å². The van der Waals surface area contributed by atoms with Gasteiger partial charge in [-0.15, -0.1) is 0 Å². The highest BCUT2D eigenvalue weighted by molar-refractivity contribution is 5.77. The van der Waals surface area contributed by atoms with E-state index in [4.69, 9.17) is 0 Å². The van der Waals surface area contributed by atoms with Crippen molar-refractivity contribution >= 4 is 5.78 Å². The van der Waals surface area contributed by atoms with Crippen LogP contribution in [0.25, 0.3) is 0 Å². The quantitative estimate of drug-likeness (QED) is 0.599. The molecule has 0 saturated heterocycles. The summed E-state index contributed by atoms with van der Waals surface area (Å²) < 4.78 is 0. The molecular weight excluding hydrogens is 174 g/mol. The SMILES string of the molecule is CCCN(CCC(C)CC)CC(C)=O. The average Bonchev–Trinajstić information content (AvgIpc) is 2.13. The summed E-state index contributed by atoms with van der Waals surface area (Å²) in [4.78, 5) is 13.3. The molecule has 0 radical (unpaired) electrons. The van der Waals surface area contributed by atoms with Crippen LogP contribution in [0.5, 0.6) is 0 Å². The molecule has 0 aromatic carbocycles. The second kappa shape index (κ2) is 7.98. The lowest BCUT2D eigenvalue weighted by atomic mass is 10.1. The third kappa shape index (κ3) is 7.07. The number of rotatable bonds is 8. The summed E-state index contributed by atoms with van der Waals surface area (Å²) in [5, 5.41) is 0. The Balaban J connectivity index is 3.77. The summed E-state index contributed by atoms with van der Waals surface area (Å²) in [5.41, 5.74) is 0. The van der Waals surface area contributed by atoms with Crippen molar-refractivity contribution in [2.45, 2.75) is 47.0 Å². The topological polar surface area (TPSA) is 20.3 Å². The zero-order valence-electron chi connectivity index (χ0n) is 10.2. The van der Waals surface area contributed by atoms with E-state index in [9.17, 15) is 4.79 Å². The lowest BCUT2D eigenvalue weighted by Crippen LogP contribution is -2.31. The third-order valence-corrected chi connectivity index (χ3v) is 2.62. The van der Waals surface area contributed by atoms with Gasteiger partial charge in [0.15, 0.2) is 0 Å². The van der Waals surface area contributed by atoms with E-state index in [-0.39, 0.29) is 5.78 Å². The molecule has 0 aromatic rings. The van der Waals surface area contributed by atoms with Crippen molar-refractivity contribution in [2.24, 2.45) is 5.92 Å². The zero-order valence-corrected chi connectivity index (χ0v) is 10.2. The van der Waals surface area contributed by atoms with E-state index in [1.54, 1.807) is 6.92 Å². The molecule has 0 bridgehead atoms. The summed E-state index contributed by atoms with van der Waals surface area (Å²) in [6.07, 6.45) is 3.58. The Bertz CT molecular complexity index is 156. The minimum atomic E-state index is 0.280. The molecule has 1 unspecified atom stereocenters. The number of hydrogen-bond acceptors (Lipinski definition) is 2. The van der Waals surface area contributed by atoms with E-state index >= 15 is 0 Å². The van der Waals surface area contributed by atoms with E-state index in [0.717, 1.165) is 25.4 Å². The molecule has 14 heavy (non-hydrogen) atoms. The van der Waals surface area contributed by atoms with E-state index in [1.807, 2.05) is 0 Å². The molecule has 84 valence electrons. The van der Waals surface area contributed by atoms with Crippen LogP contribution in [0, 0.1) is 5.92 Å². The predicted molar refractivity (Wildman–Crippen MR) is 61.5 cm³/mol. The number of carbonyl (C=O) groups is 1. The van der Waals surface area contributed by atoms with Crippen LogP contribution in [0.15, 0.2) is 0 Å². The van der Waals surface area contributed by atoms with Gasteiger partial charge in [-0.05, 0) is 38.8 Å². The van der Waals surface area contributed by atoms with Gasteiger partial charge in [0.25, 0.3) is 0 Å². The summed E-state index contributed by atoms with van der Waals surface area (Å²) in [6.45, 7) is 11.1. The summed E-state index contributed by atoms with van der Waals surface area (Å²) >= 11 is 0. The second-order valence-electron chi connectivity index (χ2n) is 4.28. The standard InChI is InChI=1S/C12H25NO/c1-5-8-13(10-12(4)14)9-7-11(3)6-2/h11H,5-10H2,1-4H3. The molecule has 0 aliphatic carbocycles. The van der Waals surface area contributed by atoms with Crippen LogP contribution in [0.3, 0.4) is 0 Å². The molecular formula is C12H25NO. The number of hydrogen-bond donors (Lipinski definition) is 0. The van der Waals surface area contributed by atoms with Crippen LogP contribution in [-0.4, -0.2) is 30.3 Å². The van der Waals surface area contributed by atoms with Crippen molar-refractivity contribution in [1.82, 2.24) is 4.90 Å². The minimum absolute atomic E-state index is 0.280. The molecule has 1 atom stereocenters. The van der Waals surface area contributed by atoms with Gasteiger partial charge in [-0.1, -0.05) is 27.2 Å². The Hall–Kier alpha value is -0.370. The molecule has 0 N–H and O–H groups in total. The molecule has 0 aliphatic heterocycles. The molecule has 0 aliphatic rings. The molecule has 0 aromatic heterocycles. The van der Waals surface area contributed by atoms with E-state index in [2.05, 4.69) is 25.7 Å². The second-order valence-corrected chi connectivity index (χ2v) is 4.28. The number of Topliss-reactive ketones (excluding diaryl/α,β-unsaturated/α-hetero) is 1. The van der Waals surface area contributed by atoms with Gasteiger partial charge in [0.05, 0.1) is 6.54 Å². The normalized spacial score (nSPS) is 13.2. The van der Waals surface area contributed by atoms with Crippen LogP contribution in [0.4, 0.5) is 0 Å². The Morgan fingerprint density at radius 1 is 1.29 bits per heavy atom. The first-order valence-corrected chi connectivity index (χ1v) is 5.81. The highest BCUT2D eigenvalue weighted by atomic mass is 16.1. The number of nitrogens with zero attached hydrogens (tertiary/aromatic N) is 1. The Labute approximate surface area is 88.7 Å². The Kier molecular flexibility index (Phi) is 7.77. The molecule has 0 rings (SSSR count). The fraction of sp³-hybridized carbons (Fsp3) is 0.917. The molecule has 2 heteroatoms. The van der Waals surface area contributed by atoms with Crippen molar-refractivity contribution in [3.8, 4) is 0 Å². The molecule has 0 spiro atoms. The van der Waals surface area contributed by atoms with Gasteiger partial charge in [-0.2, -0.15) is 0 Å². The molecule has 0 amide bonds. The van der Waals surface area contributed by atoms with Gasteiger partial charge in [-0.3, -0.25) is 9.69 Å². The lowest BCUT2D eigenvalue weighted by Gasteiger charge is -2.21. The maximum absolute atomic E-state index is 11.0. The van der Waals surface area contributed by atoms with Crippen molar-refractivity contribution in [1.29, 1.82) is 0 Å². The predicted octanol–water partition coefficient (Wildman–Crippen LogP) is 2.72. The van der Waals surface area contributed by atoms with Crippen LogP contribution in [0.2, 0.25) is 0 Å². The van der Waals surface area contributed by atoms with E-state index in [0.29, 0.717) is 6.54 Å². The molecule has 0 saturated carbocycles. The van der Waals surface area contributed by atoms with E-state index < -0.39 is 0 Å². The van der Waals surface area contributed by atoms with E-state index in [1.165, 1.54) is 12.8 Å². The van der Waals surface area contributed by atoms with Crippen molar-refractivity contribution < 1.29 is 4.79 Å². The first-order valence-electron chi connectivity index (χ1n) is 5.81. The summed E-state index contributed by atoms with van der Waals surface area (Å²) in [5.74, 6) is 1.06. The summed E-state index contributed by atoms with van der Waals surface area (Å²) in [7, 11) is 0. The van der Waals surface area contributed by atoms with Crippen molar-refractivity contribution in [3.05, 3.63) is 0 Å². The fourth-order valence-electron chi connectivity index (χ4n) is 1.51. The monoisotopic (exact) mass is 199 g/mol. The first kappa shape index (κ1) is 13.6. The van der Waals surface area contributed by atoms with Gasteiger partial charge in [-0.25, -0.2) is 0 Å². The molecule has 2 nitrogen and oxygen atoms in total. The Morgan fingerprint density at radius 2 is 1.93 bits per heavy atom. The smallest absolute Gasteiger partial charge is 0.143 e. The van der Waals surface area contributed by atoms with Gasteiger partial charge >= 0.3 is 0 Å². The number of carbonyl (C=O) groups excluding carboxylic acids is 1. The van der Waals surface area contributed by atoms with Gasteiger partial charge in [0, 0.05) is 0 Å². The largest absolute Gasteiger partial charge is 0.299 e. The fourth-order valence-corrected chi connectivity index (χ4v) is 1.51. The minimum Gasteiger partial charge on any atom is -0.299 e. The molecule has 0 heterocycles. The summed E-state index contributed by atoms with van der Waals surface area (Å²) in [6, 6.07) is 0. The number of ketones is 1. The van der Waals surface area contributed by atoms with Crippen molar-refractivity contribution in [3.63, 3.8) is 0 Å². The highest BCUT2D eigenvalue weighted by Crippen LogP contribution is 2.07. The van der Waals surface area contributed by atoms with Crippen LogP contribution in [0.1, 0.15) is 47.0 Å². The third-order valence-electron chi connectivity index (χ3n) is 2.62. The molecule has 0 fully saturated rings. The van der Waals surface area contributed by atoms with Crippen LogP contribution < -0.4 is 0 Å². The van der Waals surface area contributed by atoms with Gasteiger partial charge < -0.3 is 0 Å². The van der Waals surface area contributed by atoms with Gasteiger partial charge in [0.2, 0.25) is 0 Å². The maximum Gasteiger partial charge on any atom is 0.143 e. The highest BCUT2D eigenvalue weighted by Gasteiger charge is 2.07. The van der Waals surface area contributed by atoms with Crippen molar-refractivity contribution in [2.75, 3.05) is 19.6 Å². The zero-order chi connectivity index (χ0) is 11.0. The lowest BCUT2D eigenvalue weighted by molar-refractivity contribution is -0.118.